The van der Waals surface area contributed by atoms with Gasteiger partial charge in [-0.15, -0.1) is 0 Å². The number of anilines is 1. The number of rotatable bonds is 4. The highest BCUT2D eigenvalue weighted by Crippen LogP contribution is 2.66. The standard InChI is InChI=1S/C27H35NO5/c1-26-13-11-20-18(19(26)8-9-21(26)25(32)33)7-10-22-27(20,2)14-12-23(29)28(22)17-5-3-16(4-6-17)15-24(30)31/h3-6,18-22H,7-15H2,1-2H3,(H,30,31)(H,32,33)/t18-,19-,20-,21+,22+,26-,27+/m0/s1. The van der Waals surface area contributed by atoms with Gasteiger partial charge in [0.2, 0.25) is 5.91 Å². The number of nitrogens with zero attached hydrogens (tertiary/aromatic N) is 1. The van der Waals surface area contributed by atoms with Crippen LogP contribution in [0.1, 0.15) is 70.8 Å². The maximum Gasteiger partial charge on any atom is 0.307 e. The number of benzene rings is 1. The van der Waals surface area contributed by atoms with Crippen molar-refractivity contribution in [2.75, 3.05) is 4.90 Å². The first kappa shape index (κ1) is 22.4. The van der Waals surface area contributed by atoms with Crippen LogP contribution in [0.2, 0.25) is 0 Å². The number of hydrogen-bond acceptors (Lipinski definition) is 3. The Morgan fingerprint density at radius 3 is 2.30 bits per heavy atom. The second-order valence-corrected chi connectivity index (χ2v) is 11.5. The molecule has 0 unspecified atom stereocenters. The van der Waals surface area contributed by atoms with E-state index in [-0.39, 0.29) is 35.1 Å². The third kappa shape index (κ3) is 3.39. The molecule has 178 valence electrons. The highest BCUT2D eigenvalue weighted by Gasteiger charge is 2.62. The maximum atomic E-state index is 13.1. The lowest BCUT2D eigenvalue weighted by Gasteiger charge is -2.62. The molecule has 0 aromatic heterocycles. The Morgan fingerprint density at radius 2 is 1.64 bits per heavy atom. The summed E-state index contributed by atoms with van der Waals surface area (Å²) in [7, 11) is 0. The van der Waals surface area contributed by atoms with Crippen LogP contribution in [0.4, 0.5) is 5.69 Å². The molecule has 4 aliphatic rings. The number of piperidine rings is 1. The van der Waals surface area contributed by atoms with Crippen molar-refractivity contribution in [1.29, 1.82) is 0 Å². The number of hydrogen-bond donors (Lipinski definition) is 2. The van der Waals surface area contributed by atoms with Crippen LogP contribution < -0.4 is 4.90 Å². The van der Waals surface area contributed by atoms with Crippen molar-refractivity contribution in [2.45, 2.75) is 77.7 Å². The molecule has 0 bridgehead atoms. The number of carbonyl (C=O) groups is 3. The molecule has 1 amide bonds. The van der Waals surface area contributed by atoms with Crippen molar-refractivity contribution >= 4 is 23.5 Å². The Kier molecular flexibility index (Phi) is 5.33. The molecule has 0 radical (unpaired) electrons. The Morgan fingerprint density at radius 1 is 0.939 bits per heavy atom. The third-order valence-electron chi connectivity index (χ3n) is 10.1. The van der Waals surface area contributed by atoms with Crippen LogP contribution in [0.3, 0.4) is 0 Å². The average Bonchev–Trinajstić information content (AvgIpc) is 3.12. The minimum atomic E-state index is -0.857. The van der Waals surface area contributed by atoms with E-state index in [9.17, 15) is 19.5 Å². The third-order valence-corrected chi connectivity index (χ3v) is 10.1. The molecule has 1 saturated heterocycles. The molecule has 4 fully saturated rings. The zero-order valence-corrected chi connectivity index (χ0v) is 19.6. The Hall–Kier alpha value is -2.37. The van der Waals surface area contributed by atoms with Gasteiger partial charge >= 0.3 is 11.9 Å². The van der Waals surface area contributed by atoms with E-state index in [1.807, 2.05) is 29.2 Å². The molecule has 1 heterocycles. The molecule has 0 spiro atoms. The van der Waals surface area contributed by atoms with Crippen molar-refractivity contribution in [1.82, 2.24) is 0 Å². The predicted octanol–water partition coefficient (Wildman–Crippen LogP) is 4.75. The summed E-state index contributed by atoms with van der Waals surface area (Å²) in [5.74, 6) is -0.0112. The molecule has 3 aliphatic carbocycles. The van der Waals surface area contributed by atoms with E-state index in [4.69, 9.17) is 5.11 Å². The fourth-order valence-electron chi connectivity index (χ4n) is 8.56. The van der Waals surface area contributed by atoms with Crippen molar-refractivity contribution in [2.24, 2.45) is 34.5 Å². The van der Waals surface area contributed by atoms with Gasteiger partial charge in [-0.2, -0.15) is 0 Å². The van der Waals surface area contributed by atoms with E-state index >= 15 is 0 Å². The highest BCUT2D eigenvalue weighted by molar-refractivity contribution is 5.95. The van der Waals surface area contributed by atoms with E-state index in [0.717, 1.165) is 56.2 Å². The van der Waals surface area contributed by atoms with Gasteiger partial charge in [-0.3, -0.25) is 14.4 Å². The summed E-state index contributed by atoms with van der Waals surface area (Å²) >= 11 is 0. The fraction of sp³-hybridized carbons (Fsp3) is 0.667. The molecule has 2 N–H and O–H groups in total. The lowest BCUT2D eigenvalue weighted by atomic mass is 9.47. The van der Waals surface area contributed by atoms with Gasteiger partial charge in [0.1, 0.15) is 0 Å². The smallest absolute Gasteiger partial charge is 0.307 e. The number of carboxylic acids is 2. The zero-order valence-electron chi connectivity index (χ0n) is 19.6. The first-order chi connectivity index (χ1) is 15.6. The molecule has 1 aromatic rings. The van der Waals surface area contributed by atoms with Crippen molar-refractivity contribution in [3.05, 3.63) is 29.8 Å². The van der Waals surface area contributed by atoms with Gasteiger partial charge < -0.3 is 15.1 Å². The van der Waals surface area contributed by atoms with Gasteiger partial charge in [0.05, 0.1) is 12.3 Å². The molecule has 7 atom stereocenters. The van der Waals surface area contributed by atoms with Crippen molar-refractivity contribution in [3.8, 4) is 0 Å². The summed E-state index contributed by atoms with van der Waals surface area (Å²) in [6, 6.07) is 7.60. The lowest BCUT2D eigenvalue weighted by molar-refractivity contribution is -0.151. The fourth-order valence-corrected chi connectivity index (χ4v) is 8.56. The lowest BCUT2D eigenvalue weighted by Crippen LogP contribution is -2.62. The molecule has 1 aliphatic heterocycles. The largest absolute Gasteiger partial charge is 0.481 e. The van der Waals surface area contributed by atoms with Gasteiger partial charge in [-0.1, -0.05) is 26.0 Å². The summed E-state index contributed by atoms with van der Waals surface area (Å²) in [6.07, 6.45) is 7.25. The second-order valence-electron chi connectivity index (χ2n) is 11.5. The molecule has 1 aromatic carbocycles. The van der Waals surface area contributed by atoms with E-state index < -0.39 is 11.9 Å². The van der Waals surface area contributed by atoms with Gasteiger partial charge in [-0.05, 0) is 91.2 Å². The topological polar surface area (TPSA) is 94.9 Å². The van der Waals surface area contributed by atoms with Crippen LogP contribution in [-0.2, 0) is 20.8 Å². The first-order valence-corrected chi connectivity index (χ1v) is 12.5. The highest BCUT2D eigenvalue weighted by atomic mass is 16.4. The molecule has 33 heavy (non-hydrogen) atoms. The predicted molar refractivity (Wildman–Crippen MR) is 124 cm³/mol. The van der Waals surface area contributed by atoms with Crippen molar-refractivity contribution < 1.29 is 24.6 Å². The van der Waals surface area contributed by atoms with Gasteiger partial charge in [-0.25, -0.2) is 0 Å². The van der Waals surface area contributed by atoms with Crippen LogP contribution in [0, 0.1) is 34.5 Å². The normalized spacial score (nSPS) is 40.0. The molecule has 5 rings (SSSR count). The van der Waals surface area contributed by atoms with E-state index in [0.29, 0.717) is 24.2 Å². The van der Waals surface area contributed by atoms with E-state index in [1.165, 1.54) is 0 Å². The van der Waals surface area contributed by atoms with Crippen LogP contribution >= 0.6 is 0 Å². The van der Waals surface area contributed by atoms with Gasteiger partial charge in [0, 0.05) is 18.2 Å². The minimum absolute atomic E-state index is 0.0172. The monoisotopic (exact) mass is 453 g/mol. The second kappa shape index (κ2) is 7.85. The SMILES string of the molecule is C[C@]12CC[C@H]3[C@@H](CC[C@H]4N(c5ccc(CC(=O)O)cc5)C(=O)CC[C@]34C)[C@@H]1CC[C@@H]2C(=O)O. The number of carbonyl (C=O) groups excluding carboxylic acids is 1. The number of carboxylic acid groups (broad SMARTS) is 2. The summed E-state index contributed by atoms with van der Waals surface area (Å²) < 4.78 is 0. The molecular weight excluding hydrogens is 418 g/mol. The maximum absolute atomic E-state index is 13.1. The Bertz CT molecular complexity index is 973. The summed E-state index contributed by atoms with van der Waals surface area (Å²) in [4.78, 5) is 38.1. The van der Waals surface area contributed by atoms with Crippen LogP contribution in [-0.4, -0.2) is 34.1 Å². The van der Waals surface area contributed by atoms with Gasteiger partial charge in [0.25, 0.3) is 0 Å². The molecule has 6 heteroatoms. The number of amides is 1. The van der Waals surface area contributed by atoms with Crippen LogP contribution in [0.15, 0.2) is 24.3 Å². The van der Waals surface area contributed by atoms with E-state index in [1.54, 1.807) is 0 Å². The van der Waals surface area contributed by atoms with Crippen LogP contribution in [0.5, 0.6) is 0 Å². The number of fused-ring (bicyclic) bond motifs is 5. The Balaban J connectivity index is 1.42. The quantitative estimate of drug-likeness (QED) is 0.686. The number of aliphatic carboxylic acids is 2. The summed E-state index contributed by atoms with van der Waals surface area (Å²) in [5.41, 5.74) is 1.54. The average molecular weight is 454 g/mol. The van der Waals surface area contributed by atoms with Crippen molar-refractivity contribution in [3.63, 3.8) is 0 Å². The summed E-state index contributed by atoms with van der Waals surface area (Å²) in [6.45, 7) is 4.60. The van der Waals surface area contributed by atoms with E-state index in [2.05, 4.69) is 13.8 Å². The van der Waals surface area contributed by atoms with Gasteiger partial charge in [0.15, 0.2) is 0 Å². The molecule has 6 nitrogen and oxygen atoms in total. The molecular formula is C27H35NO5. The first-order valence-electron chi connectivity index (χ1n) is 12.5. The Labute approximate surface area is 195 Å². The summed E-state index contributed by atoms with van der Waals surface area (Å²) in [5, 5.41) is 18.9. The zero-order chi connectivity index (χ0) is 23.5. The molecule has 3 saturated carbocycles. The van der Waals surface area contributed by atoms with Crippen LogP contribution in [0.25, 0.3) is 0 Å². The minimum Gasteiger partial charge on any atom is -0.481 e.